The molecule has 9 heteroatoms. The van der Waals surface area contributed by atoms with Gasteiger partial charge in [0.1, 0.15) is 5.78 Å². The van der Waals surface area contributed by atoms with Crippen molar-refractivity contribution in [1.82, 2.24) is 15.2 Å². The van der Waals surface area contributed by atoms with E-state index in [9.17, 15) is 19.2 Å². The third-order valence-electron chi connectivity index (χ3n) is 6.18. The highest BCUT2D eigenvalue weighted by atomic mass is 79.9. The molecule has 1 aliphatic heterocycles. The molecule has 32 heavy (non-hydrogen) atoms. The fourth-order valence-corrected chi connectivity index (χ4v) is 4.85. The standard InChI is InChI=1S/C23H24BrN3O5/c1-32-23(31)26-17-7-4-14-8-9-27-12-15(10-18(28)20(17)21(14)27)22(30)25-11-19(29)13-2-5-16(24)6-3-13/h2-3,5-6,8-9,15,17,20H,4,7,10-12H2,1H3,(H,25,30)(H,26,31)/t15-,17-,20?/m0/s1. The van der Waals surface area contributed by atoms with Crippen molar-refractivity contribution in [2.45, 2.75) is 37.8 Å². The van der Waals surface area contributed by atoms with E-state index < -0.39 is 17.9 Å². The van der Waals surface area contributed by atoms with Gasteiger partial charge >= 0.3 is 6.09 Å². The molecule has 0 saturated carbocycles. The Hall–Kier alpha value is -2.94. The van der Waals surface area contributed by atoms with E-state index in [1.807, 2.05) is 16.8 Å². The van der Waals surface area contributed by atoms with Crippen molar-refractivity contribution in [2.75, 3.05) is 13.7 Å². The quantitative estimate of drug-likeness (QED) is 0.612. The second-order valence-electron chi connectivity index (χ2n) is 8.15. The Labute approximate surface area is 193 Å². The zero-order chi connectivity index (χ0) is 22.8. The van der Waals surface area contributed by atoms with Gasteiger partial charge in [0.05, 0.1) is 25.5 Å². The topological polar surface area (TPSA) is 106 Å². The summed E-state index contributed by atoms with van der Waals surface area (Å²) in [5, 5.41) is 5.48. The SMILES string of the molecule is COC(=O)N[C@H]1CCc2ccn3c2C1C(=O)C[C@H](C(=O)NCC(=O)c1ccc(Br)cc1)C3. The van der Waals surface area contributed by atoms with Crippen LogP contribution in [-0.4, -0.2) is 47.8 Å². The predicted molar refractivity (Wildman–Crippen MR) is 119 cm³/mol. The van der Waals surface area contributed by atoms with Crippen LogP contribution in [0, 0.1) is 5.92 Å². The lowest BCUT2D eigenvalue weighted by molar-refractivity contribution is -0.130. The number of nitrogens with zero attached hydrogens (tertiary/aromatic N) is 1. The molecule has 1 aromatic carbocycles. The summed E-state index contributed by atoms with van der Waals surface area (Å²) in [4.78, 5) is 50.3. The van der Waals surface area contributed by atoms with Crippen molar-refractivity contribution < 1.29 is 23.9 Å². The fourth-order valence-electron chi connectivity index (χ4n) is 4.59. The molecule has 2 N–H and O–H groups in total. The zero-order valence-electron chi connectivity index (χ0n) is 17.6. The Balaban J connectivity index is 1.48. The number of alkyl carbamates (subject to hydrolysis) is 1. The van der Waals surface area contributed by atoms with Gasteiger partial charge in [-0.05, 0) is 36.6 Å². The van der Waals surface area contributed by atoms with Crippen molar-refractivity contribution in [3.05, 3.63) is 57.8 Å². The normalized spacial score (nSPS) is 21.8. The average molecular weight is 502 g/mol. The number of methoxy groups -OCH3 is 1. The summed E-state index contributed by atoms with van der Waals surface area (Å²) in [6, 6.07) is 8.51. The summed E-state index contributed by atoms with van der Waals surface area (Å²) in [7, 11) is 1.29. The van der Waals surface area contributed by atoms with E-state index in [-0.39, 0.29) is 36.5 Å². The number of hydrogen-bond acceptors (Lipinski definition) is 5. The predicted octanol–water partition coefficient (Wildman–Crippen LogP) is 2.59. The first-order valence-electron chi connectivity index (χ1n) is 10.5. The number of amides is 2. The van der Waals surface area contributed by atoms with Crippen molar-refractivity contribution in [3.63, 3.8) is 0 Å². The van der Waals surface area contributed by atoms with Crippen molar-refractivity contribution in [1.29, 1.82) is 0 Å². The number of ketones is 2. The number of rotatable bonds is 5. The number of Topliss-reactive ketones (excluding diaryl/α,β-unsaturated/α-hetero) is 2. The molecule has 2 heterocycles. The Morgan fingerprint density at radius 1 is 1.19 bits per heavy atom. The number of halogens is 1. The molecular formula is C23H24BrN3O5. The molecule has 2 amide bonds. The van der Waals surface area contributed by atoms with Crippen LogP contribution < -0.4 is 10.6 Å². The maximum Gasteiger partial charge on any atom is 0.407 e. The summed E-state index contributed by atoms with van der Waals surface area (Å²) in [5.41, 5.74) is 2.44. The highest BCUT2D eigenvalue weighted by Gasteiger charge is 2.42. The maximum atomic E-state index is 13.2. The highest BCUT2D eigenvalue weighted by Crippen LogP contribution is 2.38. The Kier molecular flexibility index (Phi) is 6.45. The fraction of sp³-hybridized carbons (Fsp3) is 0.391. The van der Waals surface area contributed by atoms with Crippen molar-refractivity contribution >= 4 is 39.5 Å². The average Bonchev–Trinajstić information content (AvgIpc) is 3.12. The van der Waals surface area contributed by atoms with Gasteiger partial charge in [0.25, 0.3) is 0 Å². The summed E-state index contributed by atoms with van der Waals surface area (Å²) < 4.78 is 7.53. The molecule has 3 atom stereocenters. The third kappa shape index (κ3) is 4.48. The molecule has 0 radical (unpaired) electrons. The first-order valence-corrected chi connectivity index (χ1v) is 11.3. The molecule has 2 aliphatic rings. The number of carbonyl (C=O) groups excluding carboxylic acids is 4. The van der Waals surface area contributed by atoms with E-state index in [0.717, 1.165) is 22.2 Å². The van der Waals surface area contributed by atoms with Gasteiger partial charge in [-0.25, -0.2) is 4.79 Å². The van der Waals surface area contributed by atoms with Gasteiger partial charge in [-0.1, -0.05) is 28.1 Å². The number of hydrogen-bond donors (Lipinski definition) is 2. The van der Waals surface area contributed by atoms with Crippen LogP contribution in [0.2, 0.25) is 0 Å². The second-order valence-corrected chi connectivity index (χ2v) is 9.07. The highest BCUT2D eigenvalue weighted by molar-refractivity contribution is 9.10. The lowest BCUT2D eigenvalue weighted by Gasteiger charge is -2.31. The van der Waals surface area contributed by atoms with Crippen LogP contribution in [0.15, 0.2) is 41.0 Å². The second kappa shape index (κ2) is 9.28. The van der Waals surface area contributed by atoms with E-state index in [1.165, 1.54) is 7.11 Å². The Morgan fingerprint density at radius 3 is 2.66 bits per heavy atom. The van der Waals surface area contributed by atoms with Crippen LogP contribution in [0.5, 0.6) is 0 Å². The molecule has 0 spiro atoms. The maximum absolute atomic E-state index is 13.2. The van der Waals surface area contributed by atoms with Gasteiger partial charge in [-0.15, -0.1) is 0 Å². The van der Waals surface area contributed by atoms with E-state index in [2.05, 4.69) is 26.6 Å². The van der Waals surface area contributed by atoms with Gasteiger partial charge in [0.2, 0.25) is 5.91 Å². The van der Waals surface area contributed by atoms with Crippen LogP contribution >= 0.6 is 15.9 Å². The molecule has 0 bridgehead atoms. The first kappa shape index (κ1) is 22.3. The van der Waals surface area contributed by atoms with Gasteiger partial charge in [-0.2, -0.15) is 0 Å². The lowest BCUT2D eigenvalue weighted by Crippen LogP contribution is -2.45. The monoisotopic (exact) mass is 501 g/mol. The summed E-state index contributed by atoms with van der Waals surface area (Å²) in [6.45, 7) is 0.214. The number of aromatic nitrogens is 1. The number of benzene rings is 1. The van der Waals surface area contributed by atoms with Gasteiger partial charge < -0.3 is 19.9 Å². The molecule has 1 unspecified atom stereocenters. The zero-order valence-corrected chi connectivity index (χ0v) is 19.2. The van der Waals surface area contributed by atoms with Gasteiger partial charge in [0.15, 0.2) is 5.78 Å². The van der Waals surface area contributed by atoms with E-state index >= 15 is 0 Å². The third-order valence-corrected chi connectivity index (χ3v) is 6.70. The van der Waals surface area contributed by atoms with Crippen molar-refractivity contribution in [2.24, 2.45) is 5.92 Å². The summed E-state index contributed by atoms with van der Waals surface area (Å²) in [6.07, 6.45) is 2.72. The molecular weight excluding hydrogens is 478 g/mol. The summed E-state index contributed by atoms with van der Waals surface area (Å²) >= 11 is 3.33. The molecule has 0 saturated heterocycles. The van der Waals surface area contributed by atoms with E-state index in [4.69, 9.17) is 4.74 Å². The Bertz CT molecular complexity index is 1060. The van der Waals surface area contributed by atoms with Crippen LogP contribution in [-0.2, 0) is 27.3 Å². The van der Waals surface area contributed by atoms with Gasteiger partial charge in [-0.3, -0.25) is 14.4 Å². The smallest absolute Gasteiger partial charge is 0.407 e. The number of ether oxygens (including phenoxy) is 1. The summed E-state index contributed by atoms with van der Waals surface area (Å²) in [5.74, 6) is -1.74. The molecule has 8 nitrogen and oxygen atoms in total. The van der Waals surface area contributed by atoms with Crippen LogP contribution in [0.1, 0.15) is 40.4 Å². The van der Waals surface area contributed by atoms with Gasteiger partial charge in [0, 0.05) is 40.9 Å². The molecule has 1 aromatic heterocycles. The largest absolute Gasteiger partial charge is 0.453 e. The van der Waals surface area contributed by atoms with Crippen LogP contribution in [0.3, 0.4) is 0 Å². The molecule has 168 valence electrons. The molecule has 1 aliphatic carbocycles. The minimum absolute atomic E-state index is 0.0451. The molecule has 4 rings (SSSR count). The first-order chi connectivity index (χ1) is 15.4. The minimum atomic E-state index is -0.596. The minimum Gasteiger partial charge on any atom is -0.453 e. The molecule has 0 fully saturated rings. The number of nitrogens with one attached hydrogen (secondary N) is 2. The van der Waals surface area contributed by atoms with E-state index in [0.29, 0.717) is 18.5 Å². The Morgan fingerprint density at radius 2 is 1.94 bits per heavy atom. The molecule has 2 aromatic rings. The van der Waals surface area contributed by atoms with Crippen molar-refractivity contribution in [3.8, 4) is 0 Å². The van der Waals surface area contributed by atoms with E-state index in [1.54, 1.807) is 24.3 Å². The number of carbonyl (C=O) groups is 4. The lowest BCUT2D eigenvalue weighted by atomic mass is 9.79. The van der Waals surface area contributed by atoms with Crippen LogP contribution in [0.4, 0.5) is 4.79 Å². The number of aryl methyl sites for hydroxylation is 1. The van der Waals surface area contributed by atoms with Crippen LogP contribution in [0.25, 0.3) is 0 Å².